The quantitative estimate of drug-likeness (QED) is 0.366. The summed E-state index contributed by atoms with van der Waals surface area (Å²) in [6, 6.07) is 20.4. The fourth-order valence-electron chi connectivity index (χ4n) is 4.03. The van der Waals surface area contributed by atoms with E-state index in [9.17, 15) is 14.7 Å². The number of alkyl halides is 1. The highest BCUT2D eigenvalue weighted by Crippen LogP contribution is 2.37. The van der Waals surface area contributed by atoms with Crippen LogP contribution in [0.4, 0.5) is 11.4 Å². The van der Waals surface area contributed by atoms with E-state index in [1.807, 2.05) is 24.3 Å². The Labute approximate surface area is 202 Å². The lowest BCUT2D eigenvalue weighted by atomic mass is 9.99. The van der Waals surface area contributed by atoms with E-state index < -0.39 is 11.6 Å². The zero-order valence-corrected chi connectivity index (χ0v) is 19.3. The predicted molar refractivity (Wildman–Crippen MR) is 131 cm³/mol. The minimum Gasteiger partial charge on any atom is -0.391 e. The molecule has 1 heterocycles. The van der Waals surface area contributed by atoms with Crippen molar-refractivity contribution in [2.75, 3.05) is 17.3 Å². The molecule has 0 spiro atoms. The minimum absolute atomic E-state index is 0.208. The smallest absolute Gasteiger partial charge is 0.259 e. The van der Waals surface area contributed by atoms with Crippen molar-refractivity contribution in [1.82, 2.24) is 5.32 Å². The Balaban J connectivity index is 1.59. The van der Waals surface area contributed by atoms with Crippen LogP contribution in [-0.2, 0) is 0 Å². The lowest BCUT2D eigenvalue weighted by molar-refractivity contribution is 0.0969. The average Bonchev–Trinajstić information content (AvgIpc) is 2.91. The van der Waals surface area contributed by atoms with Crippen LogP contribution in [0.5, 0.6) is 0 Å². The molecular weight excluding hydrogens is 461 g/mol. The first-order valence-electron chi connectivity index (χ1n) is 10.5. The maximum Gasteiger partial charge on any atom is 0.259 e. The van der Waals surface area contributed by atoms with Crippen LogP contribution < -0.4 is 15.5 Å². The number of rotatable bonds is 4. The van der Waals surface area contributed by atoms with Crippen molar-refractivity contribution >= 4 is 46.4 Å². The van der Waals surface area contributed by atoms with Crippen molar-refractivity contribution in [3.05, 3.63) is 94.5 Å². The molecule has 0 aliphatic carbocycles. The van der Waals surface area contributed by atoms with Gasteiger partial charge in [-0.15, -0.1) is 0 Å². The van der Waals surface area contributed by atoms with Gasteiger partial charge in [-0.25, -0.2) is 0 Å². The summed E-state index contributed by atoms with van der Waals surface area (Å²) in [5.74, 6) is -0.635. The van der Waals surface area contributed by atoms with E-state index in [1.54, 1.807) is 55.6 Å². The number of carbonyl (C=O) groups excluding carboxylic acids is 2. The first kappa shape index (κ1) is 23.3. The Hall–Kier alpha value is -2.90. The van der Waals surface area contributed by atoms with E-state index in [0.29, 0.717) is 27.5 Å². The fraction of sp³-hybridized carbons (Fsp3) is 0.200. The lowest BCUT2D eigenvalue weighted by Crippen LogP contribution is -2.38. The molecule has 1 aliphatic rings. The normalized spacial score (nSPS) is 20.0. The molecule has 6 nitrogen and oxygen atoms in total. The summed E-state index contributed by atoms with van der Waals surface area (Å²) in [6.07, 6.45) is -0.543. The van der Waals surface area contributed by atoms with Crippen LogP contribution >= 0.6 is 23.2 Å². The number of para-hydroxylation sites is 1. The highest BCUT2D eigenvalue weighted by atomic mass is 35.5. The van der Waals surface area contributed by atoms with Crippen molar-refractivity contribution in [3.63, 3.8) is 0 Å². The van der Waals surface area contributed by atoms with E-state index >= 15 is 0 Å². The van der Waals surface area contributed by atoms with Gasteiger partial charge < -0.3 is 15.7 Å². The first-order chi connectivity index (χ1) is 15.9. The number of nitrogens with zero attached hydrogens (tertiary/aromatic N) is 1. The van der Waals surface area contributed by atoms with Gasteiger partial charge in [0.2, 0.25) is 0 Å². The maximum atomic E-state index is 13.5. The zero-order chi connectivity index (χ0) is 23.5. The van der Waals surface area contributed by atoms with E-state index in [4.69, 9.17) is 23.2 Å². The molecular formula is C25H23Cl2N3O3. The van der Waals surface area contributed by atoms with E-state index in [2.05, 4.69) is 10.6 Å². The first-order valence-corrected chi connectivity index (χ1v) is 11.3. The number of aliphatic hydroxyl groups is 1. The molecule has 0 bridgehead atoms. The number of carbonyl (C=O) groups is 2. The average molecular weight is 484 g/mol. The third-order valence-corrected chi connectivity index (χ3v) is 6.37. The number of likely N-dealkylation sites (N-methyl/N-ethyl adjacent to an activating group) is 1. The van der Waals surface area contributed by atoms with Gasteiger partial charge in [0.15, 0.2) is 0 Å². The number of halogens is 2. The Morgan fingerprint density at radius 1 is 1.00 bits per heavy atom. The van der Waals surface area contributed by atoms with Gasteiger partial charge in [0.1, 0.15) is 5.50 Å². The molecule has 0 radical (unpaired) electrons. The number of aliphatic hydroxyl groups excluding tert-OH is 1. The molecule has 3 unspecified atom stereocenters. The number of nitrogens with one attached hydrogen (secondary N) is 2. The number of anilines is 2. The van der Waals surface area contributed by atoms with Gasteiger partial charge in [-0.1, -0.05) is 53.5 Å². The van der Waals surface area contributed by atoms with Gasteiger partial charge in [0, 0.05) is 17.7 Å². The molecule has 0 fully saturated rings. The summed E-state index contributed by atoms with van der Waals surface area (Å²) in [5, 5.41) is 16.9. The second-order valence-electron chi connectivity index (χ2n) is 7.75. The Morgan fingerprint density at radius 2 is 1.67 bits per heavy atom. The zero-order valence-electron chi connectivity index (χ0n) is 17.8. The highest BCUT2D eigenvalue weighted by Gasteiger charge is 2.36. The van der Waals surface area contributed by atoms with E-state index in [0.717, 1.165) is 5.56 Å². The van der Waals surface area contributed by atoms with Crippen LogP contribution in [0.3, 0.4) is 0 Å². The van der Waals surface area contributed by atoms with Gasteiger partial charge >= 0.3 is 0 Å². The van der Waals surface area contributed by atoms with E-state index in [1.165, 1.54) is 4.90 Å². The third-order valence-electron chi connectivity index (χ3n) is 5.67. The van der Waals surface area contributed by atoms with Crippen molar-refractivity contribution in [3.8, 4) is 0 Å². The van der Waals surface area contributed by atoms with Crippen LogP contribution in [0.2, 0.25) is 5.02 Å². The molecule has 0 saturated heterocycles. The van der Waals surface area contributed by atoms with Crippen LogP contribution in [0.25, 0.3) is 0 Å². The van der Waals surface area contributed by atoms with Crippen LogP contribution in [0, 0.1) is 0 Å². The molecule has 3 N–H and O–H groups in total. The van der Waals surface area contributed by atoms with Gasteiger partial charge in [-0.2, -0.15) is 0 Å². The van der Waals surface area contributed by atoms with Crippen molar-refractivity contribution < 1.29 is 14.7 Å². The molecule has 2 amide bonds. The number of amides is 2. The van der Waals surface area contributed by atoms with Gasteiger partial charge in [0.25, 0.3) is 11.8 Å². The topological polar surface area (TPSA) is 81.7 Å². The second-order valence-corrected chi connectivity index (χ2v) is 8.66. The van der Waals surface area contributed by atoms with Crippen molar-refractivity contribution in [2.24, 2.45) is 0 Å². The monoisotopic (exact) mass is 483 g/mol. The summed E-state index contributed by atoms with van der Waals surface area (Å²) in [6.45, 7) is 0. The standard InChI is InChI=1S/C25H23Cl2N3O3/c1-28-23-18-7-3-5-9-20(18)30(22(27)14-21(23)31)25(33)15-10-12-16(13-11-15)29-24(32)17-6-2-4-8-19(17)26/h2-13,21-23,28,31H,14H2,1H3,(H,29,32). The number of hydrogen-bond donors (Lipinski definition) is 3. The number of fused-ring (bicyclic) bond motifs is 1. The summed E-state index contributed by atoms with van der Waals surface area (Å²) < 4.78 is 0. The van der Waals surface area contributed by atoms with Crippen LogP contribution in [-0.4, -0.2) is 35.6 Å². The summed E-state index contributed by atoms with van der Waals surface area (Å²) in [5.41, 5.74) is 2.02. The highest BCUT2D eigenvalue weighted by molar-refractivity contribution is 6.34. The second kappa shape index (κ2) is 9.93. The van der Waals surface area contributed by atoms with Crippen molar-refractivity contribution in [2.45, 2.75) is 24.1 Å². The Morgan fingerprint density at radius 3 is 2.36 bits per heavy atom. The summed E-state index contributed by atoms with van der Waals surface area (Å²) >= 11 is 12.7. The Bertz CT molecular complexity index is 1170. The van der Waals surface area contributed by atoms with Gasteiger partial charge in [0.05, 0.1) is 28.4 Å². The molecule has 3 aromatic carbocycles. The van der Waals surface area contributed by atoms with Crippen LogP contribution in [0.15, 0.2) is 72.8 Å². The molecule has 170 valence electrons. The molecule has 4 rings (SSSR count). The SMILES string of the molecule is CNC1c2ccccc2N(C(=O)c2ccc(NC(=O)c3ccccc3Cl)cc2)C(Cl)CC1O. The minimum atomic E-state index is -0.751. The fourth-order valence-corrected chi connectivity index (χ4v) is 4.63. The molecule has 3 atom stereocenters. The molecule has 0 aromatic heterocycles. The Kier molecular flexibility index (Phi) is 7.00. The molecule has 8 heteroatoms. The van der Waals surface area contributed by atoms with E-state index in [-0.39, 0.29) is 24.3 Å². The summed E-state index contributed by atoms with van der Waals surface area (Å²) in [4.78, 5) is 27.5. The largest absolute Gasteiger partial charge is 0.391 e. The molecule has 1 aliphatic heterocycles. The lowest BCUT2D eigenvalue weighted by Gasteiger charge is -2.27. The number of benzene rings is 3. The van der Waals surface area contributed by atoms with Gasteiger partial charge in [-0.05, 0) is 55.1 Å². The molecule has 3 aromatic rings. The third kappa shape index (κ3) is 4.75. The van der Waals surface area contributed by atoms with Crippen molar-refractivity contribution in [1.29, 1.82) is 0 Å². The summed E-state index contributed by atoms with van der Waals surface area (Å²) in [7, 11) is 1.76. The maximum absolute atomic E-state index is 13.5. The van der Waals surface area contributed by atoms with Gasteiger partial charge in [-0.3, -0.25) is 14.5 Å². The van der Waals surface area contributed by atoms with Crippen LogP contribution in [0.1, 0.15) is 38.7 Å². The molecule has 0 saturated carbocycles. The predicted octanol–water partition coefficient (Wildman–Crippen LogP) is 4.83. The molecule has 33 heavy (non-hydrogen) atoms. The number of hydrogen-bond acceptors (Lipinski definition) is 4.